The maximum atomic E-state index is 4.40. The van der Waals surface area contributed by atoms with Crippen molar-refractivity contribution in [3.63, 3.8) is 0 Å². The molecule has 1 saturated carbocycles. The van der Waals surface area contributed by atoms with Crippen LogP contribution in [0.3, 0.4) is 0 Å². The Hall–Kier alpha value is -1.16. The van der Waals surface area contributed by atoms with E-state index in [9.17, 15) is 0 Å². The van der Waals surface area contributed by atoms with Crippen molar-refractivity contribution in [2.75, 3.05) is 18.5 Å². The van der Waals surface area contributed by atoms with Crippen LogP contribution in [0.5, 0.6) is 0 Å². The van der Waals surface area contributed by atoms with Crippen molar-refractivity contribution in [3.8, 4) is 0 Å². The number of aromatic nitrogens is 2. The molecular formula is C16H28N4. The summed E-state index contributed by atoms with van der Waals surface area (Å²) in [5.74, 6) is 1.75. The van der Waals surface area contributed by atoms with Crippen molar-refractivity contribution in [1.29, 1.82) is 0 Å². The Kier molecular flexibility index (Phi) is 5.77. The molecular weight excluding hydrogens is 248 g/mol. The van der Waals surface area contributed by atoms with Gasteiger partial charge in [0.25, 0.3) is 0 Å². The van der Waals surface area contributed by atoms with Crippen LogP contribution in [0.25, 0.3) is 0 Å². The second kappa shape index (κ2) is 7.58. The molecule has 2 unspecified atom stereocenters. The third kappa shape index (κ3) is 3.92. The third-order valence-corrected chi connectivity index (χ3v) is 4.36. The first-order valence-corrected chi connectivity index (χ1v) is 7.98. The lowest BCUT2D eigenvalue weighted by atomic mass is 9.85. The van der Waals surface area contributed by atoms with E-state index in [1.807, 2.05) is 0 Å². The topological polar surface area (TPSA) is 41.0 Å². The van der Waals surface area contributed by atoms with Gasteiger partial charge in [-0.15, -0.1) is 5.10 Å². The minimum atomic E-state index is 0.613. The highest BCUT2D eigenvalue weighted by atomic mass is 15.3. The largest absolute Gasteiger partial charge is 0.355 e. The number of anilines is 1. The Labute approximate surface area is 123 Å². The van der Waals surface area contributed by atoms with Gasteiger partial charge in [-0.2, -0.15) is 5.10 Å². The SMILES string of the molecule is CCCNCc1ccc(N(C)C2CCCCC2C)nn1. The van der Waals surface area contributed by atoms with Gasteiger partial charge >= 0.3 is 0 Å². The van der Waals surface area contributed by atoms with Crippen molar-refractivity contribution in [2.24, 2.45) is 5.92 Å². The summed E-state index contributed by atoms with van der Waals surface area (Å²) < 4.78 is 0. The molecule has 1 aliphatic rings. The van der Waals surface area contributed by atoms with Crippen LogP contribution in [0.2, 0.25) is 0 Å². The lowest BCUT2D eigenvalue weighted by molar-refractivity contribution is 0.320. The molecule has 20 heavy (non-hydrogen) atoms. The van der Waals surface area contributed by atoms with E-state index in [1.165, 1.54) is 25.7 Å². The number of hydrogen-bond acceptors (Lipinski definition) is 4. The Bertz CT molecular complexity index is 390. The van der Waals surface area contributed by atoms with E-state index >= 15 is 0 Å². The van der Waals surface area contributed by atoms with Crippen LogP contribution in [-0.2, 0) is 6.54 Å². The quantitative estimate of drug-likeness (QED) is 0.811. The summed E-state index contributed by atoms with van der Waals surface area (Å²) in [4.78, 5) is 2.32. The summed E-state index contributed by atoms with van der Waals surface area (Å²) in [7, 11) is 2.16. The lowest BCUT2D eigenvalue weighted by Gasteiger charge is -2.36. The zero-order chi connectivity index (χ0) is 14.4. The van der Waals surface area contributed by atoms with Gasteiger partial charge in [0.2, 0.25) is 0 Å². The molecule has 4 nitrogen and oxygen atoms in total. The summed E-state index contributed by atoms with van der Waals surface area (Å²) in [6.45, 7) is 6.37. The maximum absolute atomic E-state index is 4.40. The Morgan fingerprint density at radius 1 is 1.25 bits per heavy atom. The fourth-order valence-corrected chi connectivity index (χ4v) is 3.07. The average molecular weight is 276 g/mol. The van der Waals surface area contributed by atoms with Crippen molar-refractivity contribution in [2.45, 2.75) is 58.5 Å². The average Bonchev–Trinajstić information content (AvgIpc) is 2.48. The van der Waals surface area contributed by atoms with Gasteiger partial charge in [0, 0.05) is 19.6 Å². The summed E-state index contributed by atoms with van der Waals surface area (Å²) in [6, 6.07) is 4.81. The molecule has 1 heterocycles. The summed E-state index contributed by atoms with van der Waals surface area (Å²) >= 11 is 0. The van der Waals surface area contributed by atoms with E-state index in [2.05, 4.69) is 53.4 Å². The molecule has 1 aromatic rings. The molecule has 1 fully saturated rings. The lowest BCUT2D eigenvalue weighted by Crippen LogP contribution is -2.39. The van der Waals surface area contributed by atoms with Crippen LogP contribution in [-0.4, -0.2) is 29.8 Å². The van der Waals surface area contributed by atoms with Crippen molar-refractivity contribution < 1.29 is 0 Å². The minimum Gasteiger partial charge on any atom is -0.355 e. The molecule has 1 aliphatic carbocycles. The first-order valence-electron chi connectivity index (χ1n) is 7.98. The van der Waals surface area contributed by atoms with E-state index in [0.29, 0.717) is 6.04 Å². The van der Waals surface area contributed by atoms with Crippen LogP contribution >= 0.6 is 0 Å². The Balaban J connectivity index is 1.94. The van der Waals surface area contributed by atoms with Crippen LogP contribution in [0.15, 0.2) is 12.1 Å². The molecule has 0 amide bonds. The smallest absolute Gasteiger partial charge is 0.151 e. The third-order valence-electron chi connectivity index (χ3n) is 4.36. The van der Waals surface area contributed by atoms with E-state index in [4.69, 9.17) is 0 Å². The first kappa shape index (κ1) is 15.2. The summed E-state index contributed by atoms with van der Waals surface area (Å²) in [5, 5.41) is 12.1. The van der Waals surface area contributed by atoms with Crippen LogP contribution in [0.4, 0.5) is 5.82 Å². The van der Waals surface area contributed by atoms with E-state index in [0.717, 1.165) is 36.9 Å². The first-order chi connectivity index (χ1) is 9.72. The zero-order valence-electron chi connectivity index (χ0n) is 13.1. The molecule has 0 bridgehead atoms. The highest BCUT2D eigenvalue weighted by molar-refractivity contribution is 5.38. The fraction of sp³-hybridized carbons (Fsp3) is 0.750. The highest BCUT2D eigenvalue weighted by Crippen LogP contribution is 2.29. The van der Waals surface area contributed by atoms with Gasteiger partial charge in [-0.25, -0.2) is 0 Å². The second-order valence-electron chi connectivity index (χ2n) is 6.00. The second-order valence-corrected chi connectivity index (χ2v) is 6.00. The van der Waals surface area contributed by atoms with Crippen LogP contribution in [0.1, 0.15) is 51.6 Å². The molecule has 2 rings (SSSR count). The molecule has 0 spiro atoms. The predicted octanol–water partition coefficient (Wildman–Crippen LogP) is 2.99. The standard InChI is InChI=1S/C16H28N4/c1-4-11-17-12-14-9-10-16(19-18-14)20(3)15-8-6-5-7-13(15)2/h9-10,13,15,17H,4-8,11-12H2,1-3H3. The monoisotopic (exact) mass is 276 g/mol. The molecule has 0 radical (unpaired) electrons. The van der Waals surface area contributed by atoms with Crippen LogP contribution in [0, 0.1) is 5.92 Å². The molecule has 1 N–H and O–H groups in total. The van der Waals surface area contributed by atoms with Gasteiger partial charge in [-0.1, -0.05) is 26.7 Å². The van der Waals surface area contributed by atoms with Gasteiger partial charge in [0.15, 0.2) is 5.82 Å². The minimum absolute atomic E-state index is 0.613. The number of hydrogen-bond donors (Lipinski definition) is 1. The van der Waals surface area contributed by atoms with E-state index < -0.39 is 0 Å². The van der Waals surface area contributed by atoms with Gasteiger partial charge in [-0.05, 0) is 43.9 Å². The summed E-state index contributed by atoms with van der Waals surface area (Å²) in [6.07, 6.45) is 6.47. The van der Waals surface area contributed by atoms with Gasteiger partial charge < -0.3 is 10.2 Å². The molecule has 0 aliphatic heterocycles. The molecule has 0 saturated heterocycles. The predicted molar refractivity (Wildman–Crippen MR) is 83.9 cm³/mol. The van der Waals surface area contributed by atoms with Crippen molar-refractivity contribution in [3.05, 3.63) is 17.8 Å². The molecule has 4 heteroatoms. The van der Waals surface area contributed by atoms with E-state index in [1.54, 1.807) is 0 Å². The summed E-state index contributed by atoms with van der Waals surface area (Å²) in [5.41, 5.74) is 1.02. The Morgan fingerprint density at radius 3 is 2.70 bits per heavy atom. The normalized spacial score (nSPS) is 22.8. The van der Waals surface area contributed by atoms with Gasteiger partial charge in [0.1, 0.15) is 0 Å². The number of nitrogens with zero attached hydrogens (tertiary/aromatic N) is 3. The van der Waals surface area contributed by atoms with Crippen molar-refractivity contribution >= 4 is 5.82 Å². The molecule has 0 aromatic carbocycles. The van der Waals surface area contributed by atoms with E-state index in [-0.39, 0.29) is 0 Å². The highest BCUT2D eigenvalue weighted by Gasteiger charge is 2.25. The van der Waals surface area contributed by atoms with Crippen molar-refractivity contribution in [1.82, 2.24) is 15.5 Å². The maximum Gasteiger partial charge on any atom is 0.151 e. The molecule has 2 atom stereocenters. The number of rotatable bonds is 6. The molecule has 112 valence electrons. The Morgan fingerprint density at radius 2 is 2.05 bits per heavy atom. The van der Waals surface area contributed by atoms with Gasteiger partial charge in [0.05, 0.1) is 5.69 Å². The molecule has 1 aromatic heterocycles. The van der Waals surface area contributed by atoms with Crippen LogP contribution < -0.4 is 10.2 Å². The van der Waals surface area contributed by atoms with Gasteiger partial charge in [-0.3, -0.25) is 0 Å². The number of nitrogens with one attached hydrogen (secondary N) is 1. The zero-order valence-corrected chi connectivity index (χ0v) is 13.1. The fourth-order valence-electron chi connectivity index (χ4n) is 3.07.